The summed E-state index contributed by atoms with van der Waals surface area (Å²) in [4.78, 5) is 0. The smallest absolute Gasteiger partial charge is 0.122 e. The Morgan fingerprint density at radius 1 is 1.39 bits per heavy atom. The van der Waals surface area contributed by atoms with Crippen molar-refractivity contribution in [3.05, 3.63) is 28.8 Å². The van der Waals surface area contributed by atoms with E-state index in [1.54, 1.807) is 7.11 Å². The van der Waals surface area contributed by atoms with Crippen LogP contribution in [0.15, 0.2) is 18.2 Å². The van der Waals surface area contributed by atoms with E-state index in [0.717, 1.165) is 11.3 Å². The van der Waals surface area contributed by atoms with Crippen LogP contribution in [0.4, 0.5) is 0 Å². The van der Waals surface area contributed by atoms with Gasteiger partial charge in [-0.05, 0) is 51.0 Å². The molecule has 4 heteroatoms. The maximum Gasteiger partial charge on any atom is 0.122 e. The van der Waals surface area contributed by atoms with Crippen molar-refractivity contribution in [3.8, 4) is 5.75 Å². The maximum atomic E-state index is 6.22. The van der Waals surface area contributed by atoms with Gasteiger partial charge in [-0.1, -0.05) is 11.6 Å². The average Bonchev–Trinajstić information content (AvgIpc) is 2.29. The van der Waals surface area contributed by atoms with E-state index in [1.165, 1.54) is 0 Å². The van der Waals surface area contributed by atoms with Crippen LogP contribution in [0.25, 0.3) is 0 Å². The van der Waals surface area contributed by atoms with Crippen molar-refractivity contribution in [3.63, 3.8) is 0 Å². The van der Waals surface area contributed by atoms with E-state index in [4.69, 9.17) is 26.8 Å². The molecule has 0 spiro atoms. The molecule has 0 aliphatic rings. The summed E-state index contributed by atoms with van der Waals surface area (Å²) < 4.78 is 11.0. The van der Waals surface area contributed by atoms with Gasteiger partial charge in [0.05, 0.1) is 12.7 Å². The molecule has 0 bridgehead atoms. The van der Waals surface area contributed by atoms with Crippen LogP contribution in [0.2, 0.25) is 5.02 Å². The van der Waals surface area contributed by atoms with E-state index >= 15 is 0 Å². The molecule has 1 aromatic rings. The summed E-state index contributed by atoms with van der Waals surface area (Å²) in [6.45, 7) is 6.61. The fourth-order valence-electron chi connectivity index (χ4n) is 1.87. The zero-order valence-corrected chi connectivity index (χ0v) is 12.3. The highest BCUT2D eigenvalue weighted by Crippen LogP contribution is 2.26. The SMILES string of the molecule is CCOC(C)(C)C(N)Cc1cc(Cl)ccc1OC. The Labute approximate surface area is 114 Å². The van der Waals surface area contributed by atoms with Crippen LogP contribution in [-0.2, 0) is 11.2 Å². The molecule has 0 aromatic heterocycles. The Balaban J connectivity index is 2.86. The standard InChI is InChI=1S/C14H22ClNO2/c1-5-18-14(2,3)13(16)9-10-8-11(15)6-7-12(10)17-4/h6-8,13H,5,9,16H2,1-4H3. The molecule has 1 atom stereocenters. The van der Waals surface area contributed by atoms with Crippen LogP contribution in [0, 0.1) is 0 Å². The zero-order chi connectivity index (χ0) is 13.8. The van der Waals surface area contributed by atoms with E-state index in [-0.39, 0.29) is 11.6 Å². The Morgan fingerprint density at radius 2 is 2.06 bits per heavy atom. The van der Waals surface area contributed by atoms with Crippen LogP contribution in [0.5, 0.6) is 5.75 Å². The highest BCUT2D eigenvalue weighted by molar-refractivity contribution is 6.30. The highest BCUT2D eigenvalue weighted by Gasteiger charge is 2.27. The summed E-state index contributed by atoms with van der Waals surface area (Å²) in [5, 5.41) is 0.687. The Morgan fingerprint density at radius 3 is 2.61 bits per heavy atom. The van der Waals surface area contributed by atoms with Gasteiger partial charge in [0.1, 0.15) is 5.75 Å². The number of ether oxygens (including phenoxy) is 2. The Kier molecular flexibility index (Phi) is 5.45. The number of rotatable bonds is 6. The summed E-state index contributed by atoms with van der Waals surface area (Å²) >= 11 is 6.01. The lowest BCUT2D eigenvalue weighted by atomic mass is 9.92. The van der Waals surface area contributed by atoms with E-state index in [9.17, 15) is 0 Å². The molecule has 1 rings (SSSR count). The largest absolute Gasteiger partial charge is 0.496 e. The third-order valence-electron chi connectivity index (χ3n) is 3.09. The predicted octanol–water partition coefficient (Wildman–Crippen LogP) is 3.03. The first-order valence-corrected chi connectivity index (χ1v) is 6.50. The van der Waals surface area contributed by atoms with E-state index < -0.39 is 0 Å². The van der Waals surface area contributed by atoms with Gasteiger partial charge >= 0.3 is 0 Å². The minimum absolute atomic E-state index is 0.121. The molecule has 0 aliphatic carbocycles. The Hall–Kier alpha value is -0.770. The molecule has 3 nitrogen and oxygen atoms in total. The third kappa shape index (κ3) is 3.87. The molecule has 0 aliphatic heterocycles. The molecule has 0 fully saturated rings. The van der Waals surface area contributed by atoms with Crippen LogP contribution >= 0.6 is 11.6 Å². The van der Waals surface area contributed by atoms with Gasteiger partial charge in [0, 0.05) is 17.7 Å². The first-order chi connectivity index (χ1) is 8.40. The molecule has 18 heavy (non-hydrogen) atoms. The monoisotopic (exact) mass is 271 g/mol. The molecule has 102 valence electrons. The molecule has 0 saturated heterocycles. The van der Waals surface area contributed by atoms with Gasteiger partial charge in [-0.2, -0.15) is 0 Å². The zero-order valence-electron chi connectivity index (χ0n) is 11.5. The maximum absolute atomic E-state index is 6.22. The second-order valence-electron chi connectivity index (χ2n) is 4.80. The normalized spacial score (nSPS) is 13.4. The van der Waals surface area contributed by atoms with Crippen molar-refractivity contribution in [2.24, 2.45) is 5.73 Å². The van der Waals surface area contributed by atoms with Crippen molar-refractivity contribution < 1.29 is 9.47 Å². The first-order valence-electron chi connectivity index (χ1n) is 6.12. The first kappa shape index (κ1) is 15.3. The highest BCUT2D eigenvalue weighted by atomic mass is 35.5. The van der Waals surface area contributed by atoms with Gasteiger partial charge in [-0.25, -0.2) is 0 Å². The number of benzene rings is 1. The number of hydrogen-bond acceptors (Lipinski definition) is 3. The second kappa shape index (κ2) is 6.41. The molecule has 0 radical (unpaired) electrons. The van der Waals surface area contributed by atoms with Crippen molar-refractivity contribution in [2.45, 2.75) is 38.8 Å². The van der Waals surface area contributed by atoms with Gasteiger partial charge in [-0.3, -0.25) is 0 Å². The lowest BCUT2D eigenvalue weighted by Gasteiger charge is -2.31. The Bertz CT molecular complexity index is 393. The van der Waals surface area contributed by atoms with Crippen LogP contribution in [0.1, 0.15) is 26.3 Å². The molecular weight excluding hydrogens is 250 g/mol. The van der Waals surface area contributed by atoms with Crippen molar-refractivity contribution >= 4 is 11.6 Å². The van der Waals surface area contributed by atoms with E-state index in [0.29, 0.717) is 18.1 Å². The topological polar surface area (TPSA) is 44.5 Å². The molecular formula is C14H22ClNO2. The van der Waals surface area contributed by atoms with Crippen molar-refractivity contribution in [2.75, 3.05) is 13.7 Å². The second-order valence-corrected chi connectivity index (χ2v) is 5.24. The number of methoxy groups -OCH3 is 1. The lowest BCUT2D eigenvalue weighted by molar-refractivity contribution is -0.0289. The van der Waals surface area contributed by atoms with E-state index in [1.807, 2.05) is 39.0 Å². The minimum Gasteiger partial charge on any atom is -0.496 e. The summed E-state index contributed by atoms with van der Waals surface area (Å²) in [6, 6.07) is 5.44. The quantitative estimate of drug-likeness (QED) is 0.865. The average molecular weight is 272 g/mol. The molecule has 1 aromatic carbocycles. The van der Waals surface area contributed by atoms with Gasteiger partial charge in [0.2, 0.25) is 0 Å². The van der Waals surface area contributed by atoms with Gasteiger partial charge in [-0.15, -0.1) is 0 Å². The fourth-order valence-corrected chi connectivity index (χ4v) is 2.06. The molecule has 1 unspecified atom stereocenters. The molecule has 2 N–H and O–H groups in total. The van der Waals surface area contributed by atoms with Gasteiger partial charge in [0.15, 0.2) is 0 Å². The molecule has 0 heterocycles. The number of halogens is 1. The number of nitrogens with two attached hydrogens (primary N) is 1. The van der Waals surface area contributed by atoms with E-state index in [2.05, 4.69) is 0 Å². The van der Waals surface area contributed by atoms with Crippen LogP contribution in [-0.4, -0.2) is 25.4 Å². The van der Waals surface area contributed by atoms with Crippen LogP contribution in [0.3, 0.4) is 0 Å². The molecule has 0 saturated carbocycles. The number of hydrogen-bond donors (Lipinski definition) is 1. The van der Waals surface area contributed by atoms with Crippen LogP contribution < -0.4 is 10.5 Å². The summed E-state index contributed by atoms with van der Waals surface area (Å²) in [7, 11) is 1.64. The summed E-state index contributed by atoms with van der Waals surface area (Å²) in [5.74, 6) is 0.808. The fraction of sp³-hybridized carbons (Fsp3) is 0.571. The lowest BCUT2D eigenvalue weighted by Crippen LogP contribution is -2.46. The predicted molar refractivity (Wildman–Crippen MR) is 75.4 cm³/mol. The van der Waals surface area contributed by atoms with Gasteiger partial charge < -0.3 is 15.2 Å². The molecule has 0 amide bonds. The van der Waals surface area contributed by atoms with Crippen molar-refractivity contribution in [1.29, 1.82) is 0 Å². The summed E-state index contributed by atoms with van der Waals surface area (Å²) in [6.07, 6.45) is 0.663. The summed E-state index contributed by atoms with van der Waals surface area (Å²) in [5.41, 5.74) is 6.85. The van der Waals surface area contributed by atoms with Gasteiger partial charge in [0.25, 0.3) is 0 Å². The van der Waals surface area contributed by atoms with Crippen molar-refractivity contribution in [1.82, 2.24) is 0 Å². The third-order valence-corrected chi connectivity index (χ3v) is 3.33. The minimum atomic E-state index is -0.373.